The van der Waals surface area contributed by atoms with Gasteiger partial charge in [0.15, 0.2) is 0 Å². The summed E-state index contributed by atoms with van der Waals surface area (Å²) >= 11 is 3.10. The number of rotatable bonds is 3. The summed E-state index contributed by atoms with van der Waals surface area (Å²) in [5.41, 5.74) is 0. The molecule has 0 aliphatic rings. The van der Waals surface area contributed by atoms with E-state index in [1.807, 2.05) is 0 Å². The highest BCUT2D eigenvalue weighted by molar-refractivity contribution is 9.09. The summed E-state index contributed by atoms with van der Waals surface area (Å²) < 4.78 is 0. The van der Waals surface area contributed by atoms with E-state index in [0.29, 0.717) is 6.42 Å². The summed E-state index contributed by atoms with van der Waals surface area (Å²) in [5.74, 6) is 0. The second-order valence-corrected chi connectivity index (χ2v) is 2.35. The van der Waals surface area contributed by atoms with E-state index in [0.717, 1.165) is 6.29 Å². The topological polar surface area (TPSA) is 17.1 Å². The van der Waals surface area contributed by atoms with Gasteiger partial charge in [0.1, 0.15) is 6.29 Å². The minimum atomic E-state index is -0.0370. The zero-order valence-electron chi connectivity index (χ0n) is 3.93. The van der Waals surface area contributed by atoms with Gasteiger partial charge >= 0.3 is 0 Å². The van der Waals surface area contributed by atoms with E-state index >= 15 is 0 Å². The largest absolute Gasteiger partial charge is 0.302 e. The van der Waals surface area contributed by atoms with E-state index in [-0.39, 0.29) is 4.83 Å². The van der Waals surface area contributed by atoms with Crippen molar-refractivity contribution in [1.29, 1.82) is 0 Å². The lowest BCUT2D eigenvalue weighted by atomic mass is 10.3. The fraction of sp³-hybridized carbons (Fsp3) is 0.400. The summed E-state index contributed by atoms with van der Waals surface area (Å²) in [4.78, 5) is 9.76. The van der Waals surface area contributed by atoms with Gasteiger partial charge < -0.3 is 4.79 Å². The Morgan fingerprint density at radius 3 is 2.57 bits per heavy atom. The number of hydrogen-bond acceptors (Lipinski definition) is 1. The molecule has 0 saturated heterocycles. The lowest BCUT2D eigenvalue weighted by Gasteiger charge is -1.89. The predicted molar refractivity (Wildman–Crippen MR) is 33.6 cm³/mol. The quantitative estimate of drug-likeness (QED) is 0.350. The van der Waals surface area contributed by atoms with Crippen molar-refractivity contribution < 1.29 is 4.79 Å². The zero-order valence-corrected chi connectivity index (χ0v) is 5.52. The third kappa shape index (κ3) is 3.73. The van der Waals surface area contributed by atoms with Crippen molar-refractivity contribution >= 4 is 22.2 Å². The van der Waals surface area contributed by atoms with Crippen LogP contribution in [-0.2, 0) is 4.79 Å². The maximum absolute atomic E-state index is 9.80. The highest BCUT2D eigenvalue weighted by Gasteiger charge is 1.93. The summed E-state index contributed by atoms with van der Waals surface area (Å²) in [5, 5.41) is 0. The molecule has 0 bridgehead atoms. The molecule has 0 aromatic heterocycles. The lowest BCUT2D eigenvalue weighted by Crippen LogP contribution is -1.94. The second kappa shape index (κ2) is 4.06. The SMILES string of the molecule is C=CCC(Br)C=O. The van der Waals surface area contributed by atoms with Crippen LogP contribution in [0.25, 0.3) is 0 Å². The molecular weight excluding hydrogens is 156 g/mol. The van der Waals surface area contributed by atoms with Gasteiger partial charge in [-0.2, -0.15) is 0 Å². The van der Waals surface area contributed by atoms with Crippen molar-refractivity contribution in [1.82, 2.24) is 0 Å². The highest BCUT2D eigenvalue weighted by Crippen LogP contribution is 1.99. The molecule has 0 N–H and O–H groups in total. The Morgan fingerprint density at radius 2 is 2.43 bits per heavy atom. The van der Waals surface area contributed by atoms with E-state index in [2.05, 4.69) is 22.5 Å². The Kier molecular flexibility index (Phi) is 4.00. The van der Waals surface area contributed by atoms with Crippen molar-refractivity contribution in [3.8, 4) is 0 Å². The van der Waals surface area contributed by atoms with Gasteiger partial charge in [0.05, 0.1) is 4.83 Å². The van der Waals surface area contributed by atoms with Crippen LogP contribution in [0, 0.1) is 0 Å². The smallest absolute Gasteiger partial charge is 0.133 e. The van der Waals surface area contributed by atoms with Crippen LogP contribution in [0.1, 0.15) is 6.42 Å². The molecule has 40 valence electrons. The minimum absolute atomic E-state index is 0.0370. The van der Waals surface area contributed by atoms with Gasteiger partial charge in [0.2, 0.25) is 0 Å². The first-order valence-electron chi connectivity index (χ1n) is 2.01. The monoisotopic (exact) mass is 162 g/mol. The van der Waals surface area contributed by atoms with Crippen LogP contribution in [0.4, 0.5) is 0 Å². The van der Waals surface area contributed by atoms with Crippen molar-refractivity contribution in [3.05, 3.63) is 12.7 Å². The molecule has 0 radical (unpaired) electrons. The Morgan fingerprint density at radius 1 is 1.86 bits per heavy atom. The van der Waals surface area contributed by atoms with E-state index in [1.54, 1.807) is 6.08 Å². The Bertz CT molecular complexity index is 70.5. The Balaban J connectivity index is 3.15. The summed E-state index contributed by atoms with van der Waals surface area (Å²) in [6, 6.07) is 0. The molecule has 1 unspecified atom stereocenters. The van der Waals surface area contributed by atoms with Gasteiger partial charge in [-0.25, -0.2) is 0 Å². The third-order valence-corrected chi connectivity index (χ3v) is 1.13. The van der Waals surface area contributed by atoms with Crippen LogP contribution in [0.15, 0.2) is 12.7 Å². The van der Waals surface area contributed by atoms with Crippen LogP contribution in [0.5, 0.6) is 0 Å². The molecule has 2 heteroatoms. The first kappa shape index (κ1) is 6.89. The van der Waals surface area contributed by atoms with E-state index in [1.165, 1.54) is 0 Å². The van der Waals surface area contributed by atoms with Gasteiger partial charge in [-0.15, -0.1) is 6.58 Å². The summed E-state index contributed by atoms with van der Waals surface area (Å²) in [7, 11) is 0. The van der Waals surface area contributed by atoms with Gasteiger partial charge in [-0.1, -0.05) is 22.0 Å². The predicted octanol–water partition coefficient (Wildman–Crippen LogP) is 1.52. The Hall–Kier alpha value is -0.110. The first-order chi connectivity index (χ1) is 3.31. The van der Waals surface area contributed by atoms with Crippen LogP contribution in [-0.4, -0.2) is 11.1 Å². The number of carbonyl (C=O) groups excluding carboxylic acids is 1. The molecule has 0 spiro atoms. The third-order valence-electron chi connectivity index (χ3n) is 0.539. The van der Waals surface area contributed by atoms with Gasteiger partial charge in [0.25, 0.3) is 0 Å². The zero-order chi connectivity index (χ0) is 5.70. The molecule has 0 aliphatic heterocycles. The van der Waals surface area contributed by atoms with Crippen LogP contribution in [0.3, 0.4) is 0 Å². The number of aldehydes is 1. The summed E-state index contributed by atoms with van der Waals surface area (Å²) in [6.07, 6.45) is 3.26. The van der Waals surface area contributed by atoms with Gasteiger partial charge in [0, 0.05) is 0 Å². The maximum atomic E-state index is 9.80. The standard InChI is InChI=1S/C5H7BrO/c1-2-3-5(6)4-7/h2,4-5H,1,3H2. The molecule has 0 rings (SSSR count). The minimum Gasteiger partial charge on any atom is -0.302 e. The number of halogens is 1. The normalized spacial score (nSPS) is 12.7. The molecule has 1 atom stereocenters. The number of carbonyl (C=O) groups is 1. The number of hydrogen-bond donors (Lipinski definition) is 0. The first-order valence-corrected chi connectivity index (χ1v) is 2.93. The lowest BCUT2D eigenvalue weighted by molar-refractivity contribution is -0.107. The highest BCUT2D eigenvalue weighted by atomic mass is 79.9. The molecule has 0 amide bonds. The van der Waals surface area contributed by atoms with Gasteiger partial charge in [-0.05, 0) is 6.42 Å². The fourth-order valence-electron chi connectivity index (χ4n) is 0.215. The molecule has 0 aliphatic carbocycles. The van der Waals surface area contributed by atoms with Crippen LogP contribution in [0.2, 0.25) is 0 Å². The average molecular weight is 163 g/mol. The van der Waals surface area contributed by atoms with Crippen LogP contribution < -0.4 is 0 Å². The number of allylic oxidation sites excluding steroid dienone is 1. The molecule has 7 heavy (non-hydrogen) atoms. The maximum Gasteiger partial charge on any atom is 0.133 e. The van der Waals surface area contributed by atoms with Crippen LogP contribution >= 0.6 is 15.9 Å². The molecule has 0 heterocycles. The molecule has 0 aromatic carbocycles. The average Bonchev–Trinajstić information content (AvgIpc) is 1.68. The number of alkyl halides is 1. The van der Waals surface area contributed by atoms with E-state index < -0.39 is 0 Å². The second-order valence-electron chi connectivity index (χ2n) is 1.18. The fourth-order valence-corrected chi connectivity index (χ4v) is 0.479. The molecule has 0 aromatic rings. The molecule has 1 nitrogen and oxygen atoms in total. The molecule has 0 fully saturated rings. The van der Waals surface area contributed by atoms with Crippen molar-refractivity contribution in [2.24, 2.45) is 0 Å². The van der Waals surface area contributed by atoms with Gasteiger partial charge in [-0.3, -0.25) is 0 Å². The van der Waals surface area contributed by atoms with E-state index in [4.69, 9.17) is 0 Å². The van der Waals surface area contributed by atoms with Crippen molar-refractivity contribution in [2.75, 3.05) is 0 Å². The van der Waals surface area contributed by atoms with E-state index in [9.17, 15) is 4.79 Å². The van der Waals surface area contributed by atoms with Crippen molar-refractivity contribution in [2.45, 2.75) is 11.2 Å². The van der Waals surface area contributed by atoms with Crippen molar-refractivity contribution in [3.63, 3.8) is 0 Å². The molecular formula is C5H7BrO. The Labute approximate surface area is 51.5 Å². The molecule has 0 saturated carbocycles. The summed E-state index contributed by atoms with van der Waals surface area (Å²) in [6.45, 7) is 3.46.